The number of methoxy groups -OCH3 is 1. The molecule has 3 rings (SSSR count). The minimum atomic E-state index is 0. The maximum Gasteiger partial charge on any atom is 0.213 e. The lowest BCUT2D eigenvalue weighted by atomic mass is 10.1. The van der Waals surface area contributed by atoms with Gasteiger partial charge in [0.05, 0.1) is 30.7 Å². The summed E-state index contributed by atoms with van der Waals surface area (Å²) in [4.78, 5) is 8.70. The second kappa shape index (κ2) is 10.8. The summed E-state index contributed by atoms with van der Waals surface area (Å²) in [6.45, 7) is 5.24. The Balaban J connectivity index is 0.00000300. The van der Waals surface area contributed by atoms with E-state index in [4.69, 9.17) is 4.74 Å². The van der Waals surface area contributed by atoms with Crippen molar-refractivity contribution in [3.8, 4) is 11.6 Å². The Labute approximate surface area is 188 Å². The molecule has 154 valence electrons. The first-order chi connectivity index (χ1) is 13.6. The van der Waals surface area contributed by atoms with Gasteiger partial charge in [0, 0.05) is 25.4 Å². The maximum absolute atomic E-state index is 5.17. The van der Waals surface area contributed by atoms with Crippen molar-refractivity contribution in [1.82, 2.24) is 25.4 Å². The molecule has 0 amide bonds. The van der Waals surface area contributed by atoms with E-state index in [1.807, 2.05) is 41.9 Å². The van der Waals surface area contributed by atoms with Crippen LogP contribution in [0.2, 0.25) is 0 Å². The second-order valence-electron chi connectivity index (χ2n) is 6.42. The Bertz CT molecular complexity index is 969. The molecule has 0 aliphatic rings. The molecule has 0 aliphatic heterocycles. The van der Waals surface area contributed by atoms with Gasteiger partial charge in [-0.2, -0.15) is 5.10 Å². The molecular weight excluding hydrogens is 479 g/mol. The van der Waals surface area contributed by atoms with Gasteiger partial charge >= 0.3 is 0 Å². The number of pyridine rings is 1. The van der Waals surface area contributed by atoms with Crippen molar-refractivity contribution in [2.75, 3.05) is 14.2 Å². The fourth-order valence-corrected chi connectivity index (χ4v) is 2.98. The maximum atomic E-state index is 5.17. The number of nitrogens with zero attached hydrogens (tertiary/aromatic N) is 4. The minimum Gasteiger partial charge on any atom is -0.481 e. The van der Waals surface area contributed by atoms with Gasteiger partial charge in [-0.05, 0) is 37.6 Å². The first-order valence-corrected chi connectivity index (χ1v) is 9.16. The van der Waals surface area contributed by atoms with Gasteiger partial charge in [-0.3, -0.25) is 4.99 Å². The van der Waals surface area contributed by atoms with Crippen LogP contribution >= 0.6 is 24.0 Å². The van der Waals surface area contributed by atoms with Crippen molar-refractivity contribution < 1.29 is 4.74 Å². The molecule has 7 nitrogen and oxygen atoms in total. The zero-order chi connectivity index (χ0) is 19.9. The lowest BCUT2D eigenvalue weighted by Crippen LogP contribution is -2.36. The molecular formula is C21H27IN6O. The molecule has 0 atom stereocenters. The number of para-hydroxylation sites is 1. The van der Waals surface area contributed by atoms with Gasteiger partial charge in [-0.15, -0.1) is 24.0 Å². The average Bonchev–Trinajstić information content (AvgIpc) is 3.06. The van der Waals surface area contributed by atoms with E-state index < -0.39 is 0 Å². The van der Waals surface area contributed by atoms with E-state index in [1.165, 1.54) is 0 Å². The normalized spacial score (nSPS) is 11.0. The quantitative estimate of drug-likeness (QED) is 0.305. The highest BCUT2D eigenvalue weighted by Gasteiger charge is 2.09. The molecule has 2 heterocycles. The van der Waals surface area contributed by atoms with Crippen LogP contribution in [0.15, 0.2) is 53.5 Å². The number of rotatable bonds is 6. The van der Waals surface area contributed by atoms with E-state index >= 15 is 0 Å². The van der Waals surface area contributed by atoms with Crippen molar-refractivity contribution in [3.05, 3.63) is 71.2 Å². The summed E-state index contributed by atoms with van der Waals surface area (Å²) in [5.74, 6) is 1.30. The molecule has 2 aromatic heterocycles. The van der Waals surface area contributed by atoms with E-state index in [-0.39, 0.29) is 24.0 Å². The molecule has 0 unspecified atom stereocenters. The van der Waals surface area contributed by atoms with E-state index in [0.29, 0.717) is 24.9 Å². The van der Waals surface area contributed by atoms with Crippen molar-refractivity contribution in [2.45, 2.75) is 26.9 Å². The summed E-state index contributed by atoms with van der Waals surface area (Å²) in [7, 11) is 3.36. The third-order valence-electron chi connectivity index (χ3n) is 4.33. The van der Waals surface area contributed by atoms with Crippen LogP contribution < -0.4 is 15.4 Å². The Hall–Kier alpha value is -2.62. The summed E-state index contributed by atoms with van der Waals surface area (Å²) < 4.78 is 7.14. The third kappa shape index (κ3) is 5.93. The first kappa shape index (κ1) is 22.7. The van der Waals surface area contributed by atoms with Crippen LogP contribution in [-0.4, -0.2) is 34.9 Å². The molecule has 1 aromatic carbocycles. The SMILES string of the molecule is CN=C(NCc1cccc(OC)n1)NCc1ccccc1-n1nc(C)cc1C.I. The first-order valence-electron chi connectivity index (χ1n) is 9.16. The molecule has 0 bridgehead atoms. The summed E-state index contributed by atoms with van der Waals surface area (Å²) in [6, 6.07) is 16.0. The smallest absolute Gasteiger partial charge is 0.213 e. The van der Waals surface area contributed by atoms with Gasteiger partial charge in [0.1, 0.15) is 0 Å². The molecule has 0 spiro atoms. The predicted octanol–water partition coefficient (Wildman–Crippen LogP) is 3.38. The number of nitrogens with one attached hydrogen (secondary N) is 2. The Morgan fingerprint density at radius 3 is 2.52 bits per heavy atom. The number of guanidine groups is 1. The number of hydrogen-bond donors (Lipinski definition) is 2. The van der Waals surface area contributed by atoms with Crippen LogP contribution in [0.1, 0.15) is 22.6 Å². The molecule has 0 fully saturated rings. The van der Waals surface area contributed by atoms with Gasteiger partial charge in [0.2, 0.25) is 5.88 Å². The molecule has 0 aliphatic carbocycles. The van der Waals surface area contributed by atoms with E-state index in [0.717, 1.165) is 28.3 Å². The summed E-state index contributed by atoms with van der Waals surface area (Å²) in [5, 5.41) is 11.2. The van der Waals surface area contributed by atoms with Crippen LogP contribution in [-0.2, 0) is 13.1 Å². The third-order valence-corrected chi connectivity index (χ3v) is 4.33. The van der Waals surface area contributed by atoms with Gasteiger partial charge in [0.25, 0.3) is 0 Å². The lowest BCUT2D eigenvalue weighted by Gasteiger charge is -2.15. The molecule has 8 heteroatoms. The van der Waals surface area contributed by atoms with E-state index in [2.05, 4.69) is 50.8 Å². The molecule has 29 heavy (non-hydrogen) atoms. The number of benzene rings is 1. The molecule has 0 radical (unpaired) electrons. The average molecular weight is 506 g/mol. The Morgan fingerprint density at radius 2 is 1.83 bits per heavy atom. The van der Waals surface area contributed by atoms with Crippen molar-refractivity contribution in [1.29, 1.82) is 0 Å². The van der Waals surface area contributed by atoms with Crippen molar-refractivity contribution in [2.24, 2.45) is 4.99 Å². The zero-order valence-corrected chi connectivity index (χ0v) is 19.5. The topological polar surface area (TPSA) is 76.4 Å². The van der Waals surface area contributed by atoms with Gasteiger partial charge < -0.3 is 15.4 Å². The molecule has 2 N–H and O–H groups in total. The van der Waals surface area contributed by atoms with Crippen LogP contribution in [0.5, 0.6) is 5.88 Å². The highest BCUT2D eigenvalue weighted by Crippen LogP contribution is 2.16. The Morgan fingerprint density at radius 1 is 1.07 bits per heavy atom. The van der Waals surface area contributed by atoms with Gasteiger partial charge in [-0.25, -0.2) is 9.67 Å². The zero-order valence-electron chi connectivity index (χ0n) is 17.1. The highest BCUT2D eigenvalue weighted by molar-refractivity contribution is 14.0. The van der Waals surface area contributed by atoms with Gasteiger partial charge in [0.15, 0.2) is 5.96 Å². The lowest BCUT2D eigenvalue weighted by molar-refractivity contribution is 0.396. The summed E-state index contributed by atoms with van der Waals surface area (Å²) in [5.41, 5.74) is 5.19. The highest BCUT2D eigenvalue weighted by atomic mass is 127. The second-order valence-corrected chi connectivity index (χ2v) is 6.42. The largest absolute Gasteiger partial charge is 0.481 e. The number of halogens is 1. The molecule has 0 saturated heterocycles. The Kier molecular flexibility index (Phi) is 8.44. The monoisotopic (exact) mass is 506 g/mol. The number of aliphatic imine (C=N–C) groups is 1. The minimum absolute atomic E-state index is 0. The summed E-state index contributed by atoms with van der Waals surface area (Å²) >= 11 is 0. The number of aryl methyl sites for hydroxylation is 2. The van der Waals surface area contributed by atoms with E-state index in [1.54, 1.807) is 14.2 Å². The van der Waals surface area contributed by atoms with Crippen molar-refractivity contribution >= 4 is 29.9 Å². The standard InChI is InChI=1S/C21H26N6O.HI/c1-15-12-16(2)27(26-15)19-10-6-5-8-17(19)13-23-21(22-3)24-14-18-9-7-11-20(25-18)28-4;/h5-12H,13-14H2,1-4H3,(H2,22,23,24);1H. The predicted molar refractivity (Wildman–Crippen MR) is 126 cm³/mol. The van der Waals surface area contributed by atoms with E-state index in [9.17, 15) is 0 Å². The summed E-state index contributed by atoms with van der Waals surface area (Å²) in [6.07, 6.45) is 0. The fourth-order valence-electron chi connectivity index (χ4n) is 2.98. The molecule has 0 saturated carbocycles. The number of hydrogen-bond acceptors (Lipinski definition) is 4. The van der Waals surface area contributed by atoms with Crippen LogP contribution in [0.3, 0.4) is 0 Å². The number of ether oxygens (including phenoxy) is 1. The van der Waals surface area contributed by atoms with Crippen LogP contribution in [0.25, 0.3) is 5.69 Å². The number of aromatic nitrogens is 3. The fraction of sp³-hybridized carbons (Fsp3) is 0.286. The van der Waals surface area contributed by atoms with Crippen LogP contribution in [0.4, 0.5) is 0 Å². The van der Waals surface area contributed by atoms with Crippen LogP contribution in [0, 0.1) is 13.8 Å². The van der Waals surface area contributed by atoms with Gasteiger partial charge in [-0.1, -0.05) is 24.3 Å². The molecule has 3 aromatic rings. The van der Waals surface area contributed by atoms with Crippen molar-refractivity contribution in [3.63, 3.8) is 0 Å².